The number of benzene rings is 3. The number of nitrogens with zero attached hydrogens (tertiary/aromatic N) is 1. The number of hydrogen-bond donors (Lipinski definition) is 1. The summed E-state index contributed by atoms with van der Waals surface area (Å²) >= 11 is 20.2. The molecule has 0 aliphatic heterocycles. The highest BCUT2D eigenvalue weighted by Crippen LogP contribution is 2.35. The van der Waals surface area contributed by atoms with Crippen LogP contribution in [-0.4, -0.2) is 13.0 Å². The topological polar surface area (TPSA) is 71.3 Å². The van der Waals surface area contributed by atoms with Gasteiger partial charge < -0.3 is 14.8 Å². The average molecular weight is 614 g/mol. The minimum Gasteiger partial charge on any atom is -0.493 e. The van der Waals surface area contributed by atoms with Crippen molar-refractivity contribution in [3.05, 3.63) is 89.9 Å². The molecule has 0 aromatic heterocycles. The van der Waals surface area contributed by atoms with E-state index in [-0.39, 0.29) is 12.2 Å². The molecule has 5 nitrogen and oxygen atoms in total. The smallest absolute Gasteiger partial charge is 0.266 e. The maximum atomic E-state index is 12.6. The first-order chi connectivity index (χ1) is 15.8. The molecule has 0 unspecified atom stereocenters. The molecule has 0 heterocycles. The van der Waals surface area contributed by atoms with E-state index in [4.69, 9.17) is 44.3 Å². The highest BCUT2D eigenvalue weighted by Gasteiger charge is 2.15. The van der Waals surface area contributed by atoms with Gasteiger partial charge in [0.1, 0.15) is 18.2 Å². The van der Waals surface area contributed by atoms with Gasteiger partial charge in [-0.05, 0) is 70.6 Å². The minimum absolute atomic E-state index is 0.0938. The molecule has 0 aliphatic carbocycles. The van der Waals surface area contributed by atoms with Crippen molar-refractivity contribution in [1.29, 1.82) is 5.26 Å². The number of carbonyl (C=O) groups is 1. The number of carbonyl (C=O) groups excluding carboxylic acids is 1. The van der Waals surface area contributed by atoms with E-state index in [2.05, 4.69) is 27.9 Å². The summed E-state index contributed by atoms with van der Waals surface area (Å²) in [4.78, 5) is 12.6. The fraction of sp³-hybridized carbons (Fsp3) is 0.0833. The van der Waals surface area contributed by atoms with E-state index in [0.717, 1.165) is 9.13 Å². The van der Waals surface area contributed by atoms with Crippen LogP contribution in [0.3, 0.4) is 0 Å². The lowest BCUT2D eigenvalue weighted by Crippen LogP contribution is -2.13. The zero-order valence-electron chi connectivity index (χ0n) is 17.2. The van der Waals surface area contributed by atoms with Gasteiger partial charge in [0.2, 0.25) is 0 Å². The zero-order chi connectivity index (χ0) is 24.0. The van der Waals surface area contributed by atoms with Crippen LogP contribution in [0.2, 0.25) is 15.1 Å². The Morgan fingerprint density at radius 1 is 1.09 bits per heavy atom. The highest BCUT2D eigenvalue weighted by atomic mass is 127. The molecule has 9 heteroatoms. The summed E-state index contributed by atoms with van der Waals surface area (Å²) in [6.07, 6.45) is 1.47. The fourth-order valence-electron chi connectivity index (χ4n) is 2.82. The van der Waals surface area contributed by atoms with Crippen LogP contribution in [-0.2, 0) is 11.4 Å². The Bertz CT molecular complexity index is 1270. The minimum atomic E-state index is -0.580. The van der Waals surface area contributed by atoms with Crippen molar-refractivity contribution in [3.8, 4) is 17.6 Å². The van der Waals surface area contributed by atoms with Crippen molar-refractivity contribution >= 4 is 75.1 Å². The van der Waals surface area contributed by atoms with Crippen molar-refractivity contribution in [1.82, 2.24) is 0 Å². The van der Waals surface area contributed by atoms with Gasteiger partial charge in [-0.2, -0.15) is 5.26 Å². The van der Waals surface area contributed by atoms with Gasteiger partial charge in [-0.15, -0.1) is 0 Å². The number of halogens is 4. The van der Waals surface area contributed by atoms with E-state index >= 15 is 0 Å². The summed E-state index contributed by atoms with van der Waals surface area (Å²) in [5, 5.41) is 13.4. The molecule has 1 N–H and O–H groups in total. The van der Waals surface area contributed by atoms with Gasteiger partial charge in [0, 0.05) is 16.3 Å². The molecule has 3 aromatic rings. The van der Waals surface area contributed by atoms with Crippen LogP contribution in [0.15, 0.2) is 60.2 Å². The van der Waals surface area contributed by atoms with E-state index < -0.39 is 5.91 Å². The van der Waals surface area contributed by atoms with Gasteiger partial charge in [-0.3, -0.25) is 4.79 Å². The normalized spacial score (nSPS) is 11.0. The largest absolute Gasteiger partial charge is 0.493 e. The van der Waals surface area contributed by atoms with Crippen LogP contribution in [0.1, 0.15) is 11.1 Å². The van der Waals surface area contributed by atoms with Crippen molar-refractivity contribution in [2.75, 3.05) is 12.4 Å². The average Bonchev–Trinajstić information content (AvgIpc) is 2.79. The molecule has 1 amide bonds. The van der Waals surface area contributed by atoms with E-state index in [9.17, 15) is 10.1 Å². The van der Waals surface area contributed by atoms with Crippen LogP contribution in [0, 0.1) is 14.9 Å². The molecule has 33 heavy (non-hydrogen) atoms. The van der Waals surface area contributed by atoms with Crippen LogP contribution >= 0.6 is 57.4 Å². The summed E-state index contributed by atoms with van der Waals surface area (Å²) in [5.41, 5.74) is 1.77. The molecule has 0 bridgehead atoms. The van der Waals surface area contributed by atoms with Crippen LogP contribution in [0.4, 0.5) is 5.69 Å². The molecule has 0 saturated carbocycles. The van der Waals surface area contributed by atoms with Crippen LogP contribution in [0.5, 0.6) is 11.5 Å². The van der Waals surface area contributed by atoms with Gasteiger partial charge in [-0.25, -0.2) is 0 Å². The molecule has 3 rings (SSSR count). The molecule has 0 saturated heterocycles. The molecule has 0 spiro atoms. The third-order valence-corrected chi connectivity index (χ3v) is 6.34. The van der Waals surface area contributed by atoms with Crippen molar-refractivity contribution in [2.24, 2.45) is 0 Å². The predicted octanol–water partition coefficient (Wildman–Crippen LogP) is 7.38. The maximum absolute atomic E-state index is 12.6. The molecule has 0 atom stereocenters. The highest BCUT2D eigenvalue weighted by molar-refractivity contribution is 14.1. The number of anilines is 1. The molecular weight excluding hydrogens is 598 g/mol. The number of hydrogen-bond acceptors (Lipinski definition) is 4. The number of rotatable bonds is 7. The van der Waals surface area contributed by atoms with E-state index in [1.807, 2.05) is 24.3 Å². The Labute approximate surface area is 220 Å². The predicted molar refractivity (Wildman–Crippen MR) is 140 cm³/mol. The number of nitriles is 1. The van der Waals surface area contributed by atoms with Crippen molar-refractivity contribution in [3.63, 3.8) is 0 Å². The van der Waals surface area contributed by atoms with Gasteiger partial charge >= 0.3 is 0 Å². The quantitative estimate of drug-likeness (QED) is 0.172. The molecule has 3 aromatic carbocycles. The van der Waals surface area contributed by atoms with Gasteiger partial charge in [0.05, 0.1) is 20.7 Å². The first-order valence-electron chi connectivity index (χ1n) is 9.44. The summed E-state index contributed by atoms with van der Waals surface area (Å²) in [7, 11) is 1.52. The molecule has 168 valence electrons. The molecular formula is C24H16Cl3IN2O3. The first kappa shape index (κ1) is 25.2. The summed E-state index contributed by atoms with van der Waals surface area (Å²) in [5.74, 6) is 0.417. The zero-order valence-corrected chi connectivity index (χ0v) is 21.6. The summed E-state index contributed by atoms with van der Waals surface area (Å²) in [6.45, 7) is 0.261. The van der Waals surface area contributed by atoms with Crippen molar-refractivity contribution in [2.45, 2.75) is 6.61 Å². The number of methoxy groups -OCH3 is 1. The third-order valence-electron chi connectivity index (χ3n) is 4.44. The SMILES string of the molecule is COc1cc(/C=C(\C#N)C(=O)Nc2ccc(Cl)c(Cl)c2)cc(I)c1OCc1ccccc1Cl. The van der Waals surface area contributed by atoms with Gasteiger partial charge in [-0.1, -0.05) is 53.0 Å². The number of ether oxygens (including phenoxy) is 2. The summed E-state index contributed by atoms with van der Waals surface area (Å²) < 4.78 is 12.2. The Morgan fingerprint density at radius 2 is 1.85 bits per heavy atom. The molecule has 0 fully saturated rings. The molecule has 0 aliphatic rings. The Morgan fingerprint density at radius 3 is 2.52 bits per heavy atom. The van der Waals surface area contributed by atoms with Gasteiger partial charge in [0.15, 0.2) is 11.5 Å². The third kappa shape index (κ3) is 6.55. The standard InChI is InChI=1S/C24H16Cl3IN2O3/c1-32-22-10-14(9-21(28)23(22)33-13-15-4-2-3-5-18(15)25)8-16(12-29)24(31)30-17-6-7-19(26)20(27)11-17/h2-11H,13H2,1H3,(H,30,31)/b16-8+. The lowest BCUT2D eigenvalue weighted by molar-refractivity contribution is -0.112. The Balaban J connectivity index is 1.83. The monoisotopic (exact) mass is 612 g/mol. The number of nitrogens with one attached hydrogen (secondary N) is 1. The second-order valence-corrected chi connectivity index (χ2v) is 9.05. The Kier molecular flexibility index (Phi) is 8.87. The first-order valence-corrected chi connectivity index (χ1v) is 11.7. The van der Waals surface area contributed by atoms with Gasteiger partial charge in [0.25, 0.3) is 5.91 Å². The number of amides is 1. The Hall–Kier alpha value is -2.44. The second-order valence-electron chi connectivity index (χ2n) is 6.67. The maximum Gasteiger partial charge on any atom is 0.266 e. The second kappa shape index (κ2) is 11.6. The van der Waals surface area contributed by atoms with Crippen LogP contribution < -0.4 is 14.8 Å². The summed E-state index contributed by atoms with van der Waals surface area (Å²) in [6, 6.07) is 17.5. The fourth-order valence-corrected chi connectivity index (χ4v) is 4.09. The molecule has 0 radical (unpaired) electrons. The van der Waals surface area contributed by atoms with Crippen LogP contribution in [0.25, 0.3) is 6.08 Å². The lowest BCUT2D eigenvalue weighted by Gasteiger charge is -2.14. The van der Waals surface area contributed by atoms with E-state index in [1.165, 1.54) is 19.3 Å². The van der Waals surface area contributed by atoms with E-state index in [1.54, 1.807) is 30.3 Å². The lowest BCUT2D eigenvalue weighted by atomic mass is 10.1. The van der Waals surface area contributed by atoms with Crippen molar-refractivity contribution < 1.29 is 14.3 Å². The van der Waals surface area contributed by atoms with E-state index in [0.29, 0.717) is 37.8 Å².